The average molecular weight is 395 g/mol. The molecule has 1 amide bonds. The van der Waals surface area contributed by atoms with Crippen LogP contribution >= 0.6 is 0 Å². The summed E-state index contributed by atoms with van der Waals surface area (Å²) in [5, 5.41) is 6.66. The molecule has 1 N–H and O–H groups in total. The van der Waals surface area contributed by atoms with Gasteiger partial charge in [0, 0.05) is 30.5 Å². The summed E-state index contributed by atoms with van der Waals surface area (Å²) in [6, 6.07) is 8.48. The fourth-order valence-electron chi connectivity index (χ4n) is 3.49. The fraction of sp³-hybridized carbons (Fsp3) is 0.333. The number of carbonyl (C=O) groups is 1. The molecule has 29 heavy (non-hydrogen) atoms. The van der Waals surface area contributed by atoms with Crippen molar-refractivity contribution in [1.29, 1.82) is 0 Å². The van der Waals surface area contributed by atoms with Gasteiger partial charge in [-0.15, -0.1) is 0 Å². The van der Waals surface area contributed by atoms with Crippen molar-refractivity contribution in [2.45, 2.75) is 26.7 Å². The number of piperidine rings is 1. The van der Waals surface area contributed by atoms with E-state index in [0.717, 1.165) is 30.8 Å². The Balaban J connectivity index is 1.44. The van der Waals surface area contributed by atoms with Crippen LogP contribution in [0.25, 0.3) is 11.5 Å². The third-order valence-corrected chi connectivity index (χ3v) is 5.16. The lowest BCUT2D eigenvalue weighted by atomic mass is 9.96. The van der Waals surface area contributed by atoms with Gasteiger partial charge < -0.3 is 14.7 Å². The van der Waals surface area contributed by atoms with Gasteiger partial charge in [-0.05, 0) is 51.0 Å². The maximum absolute atomic E-state index is 13.7. The zero-order valence-corrected chi connectivity index (χ0v) is 16.4. The van der Waals surface area contributed by atoms with Crippen LogP contribution in [0.1, 0.15) is 24.2 Å². The summed E-state index contributed by atoms with van der Waals surface area (Å²) in [6.45, 7) is 4.81. The van der Waals surface area contributed by atoms with E-state index in [4.69, 9.17) is 4.52 Å². The van der Waals surface area contributed by atoms with Crippen LogP contribution in [0.5, 0.6) is 0 Å². The van der Waals surface area contributed by atoms with Crippen LogP contribution < -0.4 is 10.2 Å². The molecular formula is C21H22FN5O2. The molecule has 1 aliphatic heterocycles. The number of aromatic nitrogens is 3. The molecule has 0 unspecified atom stereocenters. The number of nitrogens with zero attached hydrogens (tertiary/aromatic N) is 4. The number of rotatable bonds is 4. The third kappa shape index (κ3) is 4.11. The molecule has 1 aromatic carbocycles. The topological polar surface area (TPSA) is 84.2 Å². The van der Waals surface area contributed by atoms with E-state index in [0.29, 0.717) is 29.5 Å². The summed E-state index contributed by atoms with van der Waals surface area (Å²) in [7, 11) is 0. The second kappa shape index (κ2) is 7.98. The zero-order valence-electron chi connectivity index (χ0n) is 16.4. The Hall–Kier alpha value is -3.29. The van der Waals surface area contributed by atoms with E-state index in [9.17, 15) is 9.18 Å². The Morgan fingerprint density at radius 3 is 2.86 bits per heavy atom. The summed E-state index contributed by atoms with van der Waals surface area (Å²) in [5.41, 5.74) is 1.72. The van der Waals surface area contributed by atoms with E-state index in [1.165, 1.54) is 6.07 Å². The minimum Gasteiger partial charge on any atom is -0.356 e. The molecule has 8 heteroatoms. The molecule has 3 aromatic rings. The Morgan fingerprint density at radius 2 is 2.14 bits per heavy atom. The number of hydrogen-bond acceptors (Lipinski definition) is 6. The highest BCUT2D eigenvalue weighted by Gasteiger charge is 2.27. The molecule has 0 spiro atoms. The van der Waals surface area contributed by atoms with Crippen LogP contribution in [0.3, 0.4) is 0 Å². The SMILES string of the molecule is Cc1noc(-c2ccc(N3CCC[C@@H](C(=O)Nc4cccc(F)c4C)C3)nc2)n1. The number of anilines is 2. The summed E-state index contributed by atoms with van der Waals surface area (Å²) in [4.78, 5) is 23.5. The molecule has 150 valence electrons. The Morgan fingerprint density at radius 1 is 1.28 bits per heavy atom. The molecule has 0 bridgehead atoms. The van der Waals surface area contributed by atoms with Crippen molar-refractivity contribution in [1.82, 2.24) is 15.1 Å². The zero-order chi connectivity index (χ0) is 20.4. The van der Waals surface area contributed by atoms with Crippen LogP contribution in [0.15, 0.2) is 41.1 Å². The van der Waals surface area contributed by atoms with Crippen LogP contribution in [0.4, 0.5) is 15.9 Å². The highest BCUT2D eigenvalue weighted by Crippen LogP contribution is 2.26. The molecule has 0 saturated carbocycles. The molecule has 7 nitrogen and oxygen atoms in total. The monoisotopic (exact) mass is 395 g/mol. The maximum Gasteiger partial charge on any atom is 0.259 e. The van der Waals surface area contributed by atoms with Crippen molar-refractivity contribution in [3.05, 3.63) is 53.7 Å². The fourth-order valence-corrected chi connectivity index (χ4v) is 3.49. The summed E-state index contributed by atoms with van der Waals surface area (Å²) in [5.74, 6) is 1.19. The number of halogens is 1. The van der Waals surface area contributed by atoms with Crippen LogP contribution in [-0.2, 0) is 4.79 Å². The number of hydrogen-bond donors (Lipinski definition) is 1. The number of nitrogens with one attached hydrogen (secondary N) is 1. The molecule has 1 fully saturated rings. The number of pyridine rings is 1. The Labute approximate surface area is 168 Å². The second-order valence-corrected chi connectivity index (χ2v) is 7.24. The van der Waals surface area contributed by atoms with Crippen molar-refractivity contribution in [3.8, 4) is 11.5 Å². The van der Waals surface area contributed by atoms with Gasteiger partial charge in [-0.1, -0.05) is 11.2 Å². The molecule has 1 atom stereocenters. The number of amides is 1. The summed E-state index contributed by atoms with van der Waals surface area (Å²) >= 11 is 0. The summed E-state index contributed by atoms with van der Waals surface area (Å²) in [6.07, 6.45) is 3.37. The lowest BCUT2D eigenvalue weighted by molar-refractivity contribution is -0.120. The lowest BCUT2D eigenvalue weighted by Crippen LogP contribution is -2.41. The molecule has 4 rings (SSSR count). The predicted octanol–water partition coefficient (Wildman–Crippen LogP) is 3.74. The van der Waals surface area contributed by atoms with Crippen molar-refractivity contribution in [2.24, 2.45) is 5.92 Å². The molecule has 0 radical (unpaired) electrons. The van der Waals surface area contributed by atoms with Crippen molar-refractivity contribution < 1.29 is 13.7 Å². The van der Waals surface area contributed by atoms with Crippen LogP contribution in [0, 0.1) is 25.6 Å². The second-order valence-electron chi connectivity index (χ2n) is 7.24. The quantitative estimate of drug-likeness (QED) is 0.724. The van der Waals surface area contributed by atoms with Crippen molar-refractivity contribution in [2.75, 3.05) is 23.3 Å². The minimum atomic E-state index is -0.325. The minimum absolute atomic E-state index is 0.0960. The lowest BCUT2D eigenvalue weighted by Gasteiger charge is -2.33. The van der Waals surface area contributed by atoms with Crippen molar-refractivity contribution in [3.63, 3.8) is 0 Å². The van der Waals surface area contributed by atoms with Crippen molar-refractivity contribution >= 4 is 17.4 Å². The molecule has 0 aliphatic carbocycles. The molecule has 1 aliphatic rings. The van der Waals surface area contributed by atoms with E-state index < -0.39 is 0 Å². The number of benzene rings is 1. The van der Waals surface area contributed by atoms with Gasteiger partial charge in [0.15, 0.2) is 5.82 Å². The number of aryl methyl sites for hydroxylation is 1. The van der Waals surface area contributed by atoms with E-state index in [-0.39, 0.29) is 17.6 Å². The largest absolute Gasteiger partial charge is 0.356 e. The normalized spacial score (nSPS) is 16.7. The van der Waals surface area contributed by atoms with Gasteiger partial charge in [-0.2, -0.15) is 4.98 Å². The maximum atomic E-state index is 13.7. The Kier molecular flexibility index (Phi) is 5.24. The highest BCUT2D eigenvalue weighted by molar-refractivity contribution is 5.93. The standard InChI is InChI=1S/C21H22FN5O2/c1-13-17(22)6-3-7-18(13)25-20(28)16-5-4-10-27(12-16)19-9-8-15(11-23-19)21-24-14(2)26-29-21/h3,6-9,11,16H,4-5,10,12H2,1-2H3,(H,25,28)/t16-/m1/s1. The molecule has 3 heterocycles. The van der Waals surface area contributed by atoms with E-state index in [1.54, 1.807) is 32.2 Å². The first-order chi connectivity index (χ1) is 14.0. The van der Waals surface area contributed by atoms with Gasteiger partial charge in [-0.3, -0.25) is 4.79 Å². The van der Waals surface area contributed by atoms with Gasteiger partial charge in [0.2, 0.25) is 5.91 Å². The summed E-state index contributed by atoms with van der Waals surface area (Å²) < 4.78 is 18.9. The van der Waals surface area contributed by atoms with Crippen LogP contribution in [0.2, 0.25) is 0 Å². The highest BCUT2D eigenvalue weighted by atomic mass is 19.1. The first-order valence-electron chi connectivity index (χ1n) is 9.59. The predicted molar refractivity (Wildman–Crippen MR) is 107 cm³/mol. The third-order valence-electron chi connectivity index (χ3n) is 5.16. The van der Waals surface area contributed by atoms with Gasteiger partial charge in [0.1, 0.15) is 11.6 Å². The van der Waals surface area contributed by atoms with E-state index in [2.05, 4.69) is 25.3 Å². The van der Waals surface area contributed by atoms with Gasteiger partial charge in [-0.25, -0.2) is 9.37 Å². The first kappa shape index (κ1) is 19.0. The number of carbonyl (C=O) groups excluding carboxylic acids is 1. The van der Waals surface area contributed by atoms with E-state index in [1.807, 2.05) is 12.1 Å². The van der Waals surface area contributed by atoms with Crippen LogP contribution in [-0.4, -0.2) is 34.1 Å². The van der Waals surface area contributed by atoms with Gasteiger partial charge >= 0.3 is 0 Å². The smallest absolute Gasteiger partial charge is 0.259 e. The van der Waals surface area contributed by atoms with E-state index >= 15 is 0 Å². The van der Waals surface area contributed by atoms with Gasteiger partial charge in [0.25, 0.3) is 5.89 Å². The Bertz CT molecular complexity index is 1020. The van der Waals surface area contributed by atoms with Gasteiger partial charge in [0.05, 0.1) is 11.5 Å². The molecule has 1 saturated heterocycles. The molecular weight excluding hydrogens is 373 g/mol. The average Bonchev–Trinajstić information content (AvgIpc) is 3.18. The first-order valence-corrected chi connectivity index (χ1v) is 9.59. The molecule has 2 aromatic heterocycles.